The maximum Gasteiger partial charge on any atom is 0.162 e. The maximum atomic E-state index is 3.96. The molecule has 0 aliphatic carbocycles. The van der Waals surface area contributed by atoms with E-state index in [2.05, 4.69) is 20.3 Å². The molecular formula is C7H13N5. The Hall–Kier alpha value is -0.970. The van der Waals surface area contributed by atoms with Crippen LogP contribution in [0.25, 0.3) is 0 Å². The Morgan fingerprint density at radius 1 is 1.17 bits per heavy atom. The molecule has 1 aromatic heterocycles. The van der Waals surface area contributed by atoms with Crippen molar-refractivity contribution in [2.45, 2.75) is 25.9 Å². The predicted molar refractivity (Wildman–Crippen MR) is 43.2 cm³/mol. The van der Waals surface area contributed by atoms with Crippen LogP contribution in [0.15, 0.2) is 6.33 Å². The number of rotatable bonds is 2. The molecule has 1 saturated heterocycles. The summed E-state index contributed by atoms with van der Waals surface area (Å²) >= 11 is 0. The van der Waals surface area contributed by atoms with Crippen molar-refractivity contribution in [2.24, 2.45) is 0 Å². The summed E-state index contributed by atoms with van der Waals surface area (Å²) in [5.74, 6) is 0. The molecule has 0 bridgehead atoms. The molecule has 2 heterocycles. The summed E-state index contributed by atoms with van der Waals surface area (Å²) in [5, 5.41) is 11.5. The molecule has 1 aliphatic heterocycles. The zero-order chi connectivity index (χ0) is 8.23. The van der Waals surface area contributed by atoms with Crippen LogP contribution >= 0.6 is 0 Å². The van der Waals surface area contributed by atoms with Crippen LogP contribution in [-0.2, 0) is 6.67 Å². The summed E-state index contributed by atoms with van der Waals surface area (Å²) in [6, 6.07) is 0. The van der Waals surface area contributed by atoms with Gasteiger partial charge < -0.3 is 0 Å². The first kappa shape index (κ1) is 7.67. The molecule has 0 spiro atoms. The van der Waals surface area contributed by atoms with Gasteiger partial charge in [0.15, 0.2) is 6.33 Å². The van der Waals surface area contributed by atoms with Crippen LogP contribution in [-0.4, -0.2) is 38.2 Å². The monoisotopic (exact) mass is 167 g/mol. The van der Waals surface area contributed by atoms with Crippen molar-refractivity contribution >= 4 is 0 Å². The number of piperidine rings is 1. The molecule has 0 unspecified atom stereocenters. The number of nitrogens with zero attached hydrogens (tertiary/aromatic N) is 5. The predicted octanol–water partition coefficient (Wildman–Crippen LogP) is 0.116. The number of tetrazole rings is 1. The highest BCUT2D eigenvalue weighted by molar-refractivity contribution is 4.60. The molecule has 1 aliphatic rings. The minimum absolute atomic E-state index is 0.792. The molecule has 2 rings (SSSR count). The number of hydrogen-bond acceptors (Lipinski definition) is 4. The molecule has 0 N–H and O–H groups in total. The van der Waals surface area contributed by atoms with Crippen molar-refractivity contribution in [1.29, 1.82) is 0 Å². The Morgan fingerprint density at radius 3 is 2.67 bits per heavy atom. The van der Waals surface area contributed by atoms with Gasteiger partial charge in [-0.1, -0.05) is 6.42 Å². The van der Waals surface area contributed by atoms with Gasteiger partial charge in [0, 0.05) is 0 Å². The summed E-state index contributed by atoms with van der Waals surface area (Å²) in [7, 11) is 0. The zero-order valence-corrected chi connectivity index (χ0v) is 7.06. The molecular weight excluding hydrogens is 154 g/mol. The van der Waals surface area contributed by atoms with Crippen LogP contribution in [0.5, 0.6) is 0 Å². The summed E-state index contributed by atoms with van der Waals surface area (Å²) in [5.41, 5.74) is 0. The van der Waals surface area contributed by atoms with Crippen molar-refractivity contribution in [3.05, 3.63) is 6.33 Å². The summed E-state index contributed by atoms with van der Waals surface area (Å²) < 4.78 is 0. The summed E-state index contributed by atoms with van der Waals surface area (Å²) in [6.07, 6.45) is 5.44. The minimum Gasteiger partial charge on any atom is -0.283 e. The maximum absolute atomic E-state index is 3.96. The molecule has 0 radical (unpaired) electrons. The van der Waals surface area contributed by atoms with E-state index in [0.29, 0.717) is 0 Å². The molecule has 1 aromatic rings. The largest absolute Gasteiger partial charge is 0.283 e. The fourth-order valence-corrected chi connectivity index (χ4v) is 1.53. The first-order valence-corrected chi connectivity index (χ1v) is 4.38. The third-order valence-corrected chi connectivity index (χ3v) is 2.17. The quantitative estimate of drug-likeness (QED) is 0.627. The van der Waals surface area contributed by atoms with E-state index in [0.717, 1.165) is 6.67 Å². The molecule has 1 fully saturated rings. The molecule has 12 heavy (non-hydrogen) atoms. The molecule has 0 aromatic carbocycles. The van der Waals surface area contributed by atoms with E-state index in [9.17, 15) is 0 Å². The summed E-state index contributed by atoms with van der Waals surface area (Å²) in [4.78, 5) is 3.98. The van der Waals surface area contributed by atoms with Crippen molar-refractivity contribution in [3.8, 4) is 0 Å². The Balaban J connectivity index is 1.86. The first-order valence-electron chi connectivity index (χ1n) is 4.38. The van der Waals surface area contributed by atoms with E-state index < -0.39 is 0 Å². The fraction of sp³-hybridized carbons (Fsp3) is 0.857. The number of aromatic nitrogens is 4. The second-order valence-electron chi connectivity index (χ2n) is 3.13. The van der Waals surface area contributed by atoms with Crippen LogP contribution < -0.4 is 0 Å². The lowest BCUT2D eigenvalue weighted by molar-refractivity contribution is 0.161. The smallest absolute Gasteiger partial charge is 0.162 e. The van der Waals surface area contributed by atoms with Gasteiger partial charge in [0.05, 0.1) is 0 Å². The topological polar surface area (TPSA) is 46.8 Å². The Labute approximate surface area is 71.4 Å². The first-order chi connectivity index (χ1) is 5.95. The standard InChI is InChI=1S/C7H13N5/c1-2-4-11(5-3-1)7-12-9-6-8-10-12/h6H,1-5,7H2. The summed E-state index contributed by atoms with van der Waals surface area (Å²) in [6.45, 7) is 3.13. The van der Waals surface area contributed by atoms with Gasteiger partial charge in [0.1, 0.15) is 6.67 Å². The lowest BCUT2D eigenvalue weighted by Gasteiger charge is -2.24. The Bertz CT molecular complexity index is 214. The molecule has 0 amide bonds. The van der Waals surface area contributed by atoms with Crippen LogP contribution in [0.3, 0.4) is 0 Å². The zero-order valence-electron chi connectivity index (χ0n) is 7.06. The van der Waals surface area contributed by atoms with Gasteiger partial charge in [-0.05, 0) is 31.1 Å². The van der Waals surface area contributed by atoms with E-state index in [4.69, 9.17) is 0 Å². The third-order valence-electron chi connectivity index (χ3n) is 2.17. The van der Waals surface area contributed by atoms with Crippen LogP contribution in [0.1, 0.15) is 19.3 Å². The molecule has 5 heteroatoms. The van der Waals surface area contributed by atoms with E-state index in [1.807, 2.05) is 0 Å². The average Bonchev–Trinajstić information content (AvgIpc) is 2.59. The molecule has 5 nitrogen and oxygen atoms in total. The SMILES string of the molecule is c1nnn(CN2CCCCC2)n1. The van der Waals surface area contributed by atoms with E-state index in [-0.39, 0.29) is 0 Å². The van der Waals surface area contributed by atoms with E-state index in [1.54, 1.807) is 4.80 Å². The highest BCUT2D eigenvalue weighted by Crippen LogP contribution is 2.08. The van der Waals surface area contributed by atoms with Gasteiger partial charge >= 0.3 is 0 Å². The fourth-order valence-electron chi connectivity index (χ4n) is 1.53. The third kappa shape index (κ3) is 1.79. The Morgan fingerprint density at radius 2 is 2.00 bits per heavy atom. The normalized spacial score (nSPS) is 19.7. The number of hydrogen-bond donors (Lipinski definition) is 0. The van der Waals surface area contributed by atoms with Gasteiger partial charge in [0.2, 0.25) is 0 Å². The van der Waals surface area contributed by atoms with Crippen LogP contribution in [0, 0.1) is 0 Å². The van der Waals surface area contributed by atoms with Crippen molar-refractivity contribution < 1.29 is 0 Å². The Kier molecular flexibility index (Phi) is 2.31. The van der Waals surface area contributed by atoms with Crippen molar-refractivity contribution in [3.63, 3.8) is 0 Å². The van der Waals surface area contributed by atoms with Gasteiger partial charge in [0.25, 0.3) is 0 Å². The second-order valence-corrected chi connectivity index (χ2v) is 3.13. The van der Waals surface area contributed by atoms with Gasteiger partial charge in [-0.2, -0.15) is 0 Å². The minimum atomic E-state index is 0.792. The van der Waals surface area contributed by atoms with Crippen molar-refractivity contribution in [2.75, 3.05) is 13.1 Å². The van der Waals surface area contributed by atoms with E-state index in [1.165, 1.54) is 38.7 Å². The molecule has 0 saturated carbocycles. The lowest BCUT2D eigenvalue weighted by atomic mass is 10.1. The average molecular weight is 167 g/mol. The van der Waals surface area contributed by atoms with E-state index >= 15 is 0 Å². The van der Waals surface area contributed by atoms with Gasteiger partial charge in [-0.25, -0.2) is 0 Å². The number of likely N-dealkylation sites (tertiary alicyclic amines) is 1. The molecule has 66 valence electrons. The van der Waals surface area contributed by atoms with Crippen molar-refractivity contribution in [1.82, 2.24) is 25.1 Å². The van der Waals surface area contributed by atoms with Crippen LogP contribution in [0.4, 0.5) is 0 Å². The molecule has 0 atom stereocenters. The van der Waals surface area contributed by atoms with Gasteiger partial charge in [-0.3, -0.25) is 4.90 Å². The van der Waals surface area contributed by atoms with Gasteiger partial charge in [-0.15, -0.1) is 15.0 Å². The highest BCUT2D eigenvalue weighted by atomic mass is 15.6. The highest BCUT2D eigenvalue weighted by Gasteiger charge is 2.10. The second kappa shape index (κ2) is 3.62. The van der Waals surface area contributed by atoms with Crippen LogP contribution in [0.2, 0.25) is 0 Å². The lowest BCUT2D eigenvalue weighted by Crippen LogP contribution is -2.32.